The Morgan fingerprint density at radius 2 is 0.588 bits per heavy atom. The number of nitrogens with zero attached hydrogens (tertiary/aromatic N) is 6. The molecule has 1 heterocycles. The van der Waals surface area contributed by atoms with Gasteiger partial charge < -0.3 is 22.6 Å². The van der Waals surface area contributed by atoms with Gasteiger partial charge in [0.2, 0.25) is 0 Å². The van der Waals surface area contributed by atoms with Crippen LogP contribution in [0.15, 0.2) is 27.1 Å². The second-order valence-corrected chi connectivity index (χ2v) is 16.7. The van der Waals surface area contributed by atoms with Crippen molar-refractivity contribution in [3.8, 4) is 0 Å². The molecule has 0 aromatic carbocycles. The molecule has 5 atom stereocenters. The van der Waals surface area contributed by atoms with Crippen molar-refractivity contribution >= 4 is 46.5 Å². The van der Waals surface area contributed by atoms with Gasteiger partial charge in [0.25, 0.3) is 0 Å². The second kappa shape index (κ2) is 13.0. The van der Waals surface area contributed by atoms with E-state index in [1.807, 2.05) is 0 Å². The van der Waals surface area contributed by atoms with Crippen LogP contribution in [0, 0.1) is 0 Å². The molecule has 24 heteroatoms. The smallest absolute Gasteiger partial charge is 0.303 e. The highest BCUT2D eigenvalue weighted by Gasteiger charge is 2.41. The van der Waals surface area contributed by atoms with Gasteiger partial charge >= 0.3 is 46.5 Å². The second-order valence-electron chi connectivity index (χ2n) is 5.45. The molecule has 1 aliphatic rings. The van der Waals surface area contributed by atoms with Crippen LogP contribution in [0.5, 0.6) is 0 Å². The third-order valence-electron chi connectivity index (χ3n) is 2.79. The first kappa shape index (κ1) is 32.7. The fourth-order valence-corrected chi connectivity index (χ4v) is 15.0. The third kappa shape index (κ3) is 10.2. The Kier molecular flexibility index (Phi) is 12.5. The quantitative estimate of drug-likeness (QED) is 0.176. The van der Waals surface area contributed by atoms with Crippen LogP contribution in [0.3, 0.4) is 0 Å². The largest absolute Gasteiger partial charge is 0.425 e. The first-order valence-corrected chi connectivity index (χ1v) is 18.5. The molecule has 204 valence electrons. The molecule has 34 heavy (non-hydrogen) atoms. The average molecular weight is 628 g/mol. The molecule has 0 saturated heterocycles. The Morgan fingerprint density at radius 3 is 0.824 bits per heavy atom. The van der Waals surface area contributed by atoms with Crippen molar-refractivity contribution in [2.45, 2.75) is 34.6 Å². The maximum atomic E-state index is 15.6. The van der Waals surface area contributed by atoms with Crippen molar-refractivity contribution in [3.63, 3.8) is 0 Å². The molecule has 0 spiro atoms. The fraction of sp³-hybridized carbons (Fsp3) is 1.00. The zero-order chi connectivity index (χ0) is 26.3. The maximum absolute atomic E-state index is 15.6. The molecule has 0 fully saturated rings. The van der Waals surface area contributed by atoms with Gasteiger partial charge in [-0.3, -0.25) is 0 Å². The van der Waals surface area contributed by atoms with Crippen LogP contribution >= 0.6 is 46.5 Å². The minimum Gasteiger partial charge on any atom is -0.303 e. The number of halogens is 7. The number of hydrogen-bond donors (Lipinski definition) is 0. The average Bonchev–Trinajstić information content (AvgIpc) is 2.58. The van der Waals surface area contributed by atoms with E-state index in [1.54, 1.807) is 0 Å². The predicted octanol–water partition coefficient (Wildman–Crippen LogP) is 11.6. The van der Waals surface area contributed by atoms with Gasteiger partial charge in [-0.15, -0.1) is 35.5 Å². The van der Waals surface area contributed by atoms with Gasteiger partial charge in [-0.05, 0) is 34.6 Å². The zero-order valence-corrected chi connectivity index (χ0v) is 24.0. The summed E-state index contributed by atoms with van der Waals surface area (Å²) in [4.78, 5) is 0. The molecule has 0 aromatic rings. The summed E-state index contributed by atoms with van der Waals surface area (Å²) < 4.78 is 145. The topological polar surface area (TPSA) is 120 Å². The van der Waals surface area contributed by atoms with Crippen molar-refractivity contribution in [1.82, 2.24) is 0 Å². The molecular weight excluding hydrogens is 603 g/mol. The van der Waals surface area contributed by atoms with E-state index in [4.69, 9.17) is 0 Å². The van der Waals surface area contributed by atoms with Crippen molar-refractivity contribution in [1.29, 1.82) is 0 Å². The van der Waals surface area contributed by atoms with E-state index < -0.39 is 79.6 Å². The first-order chi connectivity index (χ1) is 15.5. The fourth-order valence-electron chi connectivity index (χ4n) is 2.00. The van der Waals surface area contributed by atoms with Gasteiger partial charge in [0.15, 0.2) is 0 Å². The van der Waals surface area contributed by atoms with Crippen LogP contribution in [0.4, 0.5) is 29.4 Å². The van der Waals surface area contributed by atoms with E-state index in [-0.39, 0.29) is 0 Å². The highest BCUT2D eigenvalue weighted by atomic mass is 31.3. The van der Waals surface area contributed by atoms with Crippen molar-refractivity contribution < 1.29 is 52.0 Å². The van der Waals surface area contributed by atoms with Crippen LogP contribution in [0.2, 0.25) is 0 Å². The molecule has 0 aliphatic carbocycles. The maximum Gasteiger partial charge on any atom is 0.425 e. The molecule has 0 bridgehead atoms. The summed E-state index contributed by atoms with van der Waals surface area (Å²) in [5.74, 6) is 0. The summed E-state index contributed by atoms with van der Waals surface area (Å²) in [5, 5.41) is 0. The van der Waals surface area contributed by atoms with E-state index in [0.29, 0.717) is 0 Å². The highest BCUT2D eigenvalue weighted by molar-refractivity contribution is 7.78. The Hall–Kier alpha value is 0.690. The lowest BCUT2D eigenvalue weighted by Gasteiger charge is -2.21. The van der Waals surface area contributed by atoms with Gasteiger partial charge in [-0.2, -0.15) is 21.0 Å². The van der Waals surface area contributed by atoms with Crippen molar-refractivity contribution in [2.24, 2.45) is 27.1 Å². The minimum atomic E-state index is -6.43. The Bertz CT molecular complexity index is 1050. The first-order valence-electron chi connectivity index (χ1n) is 9.47. The summed E-state index contributed by atoms with van der Waals surface area (Å²) in [6.07, 6.45) is 0. The molecule has 0 amide bonds. The summed E-state index contributed by atoms with van der Waals surface area (Å²) in [7, 11) is -34.4. The molecule has 1 aliphatic heterocycles. The highest BCUT2D eigenvalue weighted by Crippen LogP contribution is 2.82. The Morgan fingerprint density at radius 1 is 0.382 bits per heavy atom. The summed E-state index contributed by atoms with van der Waals surface area (Å²) in [5.41, 5.74) is 0. The van der Waals surface area contributed by atoms with Crippen molar-refractivity contribution in [3.05, 3.63) is 0 Å². The van der Waals surface area contributed by atoms with Crippen LogP contribution in [-0.4, -0.2) is 33.0 Å². The summed E-state index contributed by atoms with van der Waals surface area (Å²) in [6, 6.07) is 0. The van der Waals surface area contributed by atoms with Gasteiger partial charge in [0, 0.05) is 0 Å². The van der Waals surface area contributed by atoms with Gasteiger partial charge in [0.1, 0.15) is 0 Å². The minimum absolute atomic E-state index is 0.573. The standard InChI is InChI=1S/C10H25F7N6O5P6/c1-6-24-30(13)18-29(11,12)19-31(14,25-7-2)21-33(16,27-9-4)23-34(17,28-10-5)22-32(15,20-30)26-8-3/h6-10H2,1-5H3. The zero-order valence-electron chi connectivity index (χ0n) is 18.6. The van der Waals surface area contributed by atoms with Crippen molar-refractivity contribution in [2.75, 3.05) is 33.0 Å². The van der Waals surface area contributed by atoms with Crippen LogP contribution in [0.1, 0.15) is 34.6 Å². The lowest BCUT2D eigenvalue weighted by molar-refractivity contribution is 0.330. The number of rotatable bonds is 10. The molecular formula is C10H25F7N6O5P6. The monoisotopic (exact) mass is 628 g/mol. The van der Waals surface area contributed by atoms with Gasteiger partial charge in [-0.1, -0.05) is 0 Å². The predicted molar refractivity (Wildman–Crippen MR) is 122 cm³/mol. The lowest BCUT2D eigenvalue weighted by atomic mass is 10.9. The molecule has 0 saturated carbocycles. The van der Waals surface area contributed by atoms with E-state index in [9.17, 15) is 8.39 Å². The number of hydrogen-bond acceptors (Lipinski definition) is 11. The van der Waals surface area contributed by atoms with Crippen LogP contribution < -0.4 is 0 Å². The molecule has 11 nitrogen and oxygen atoms in total. The van der Waals surface area contributed by atoms with Crippen LogP contribution in [0.25, 0.3) is 0 Å². The molecule has 1 rings (SSSR count). The third-order valence-corrected chi connectivity index (χ3v) is 16.3. The molecule has 0 N–H and O–H groups in total. The van der Waals surface area contributed by atoms with Gasteiger partial charge in [0.05, 0.1) is 33.0 Å². The lowest BCUT2D eigenvalue weighted by Crippen LogP contribution is -1.90. The van der Waals surface area contributed by atoms with Gasteiger partial charge in [-0.25, -0.2) is 0 Å². The SMILES string of the molecule is CCOP1(F)=NP(F)(F)=NP(F)(OCC)=NP(F)(OCC)=NP(F)(OCC)=NP(F)(OCC)=N1. The summed E-state index contributed by atoms with van der Waals surface area (Å²) in [6.45, 7) is 2.77. The normalized spacial score (nSPS) is 38.5. The molecule has 5 unspecified atom stereocenters. The van der Waals surface area contributed by atoms with E-state index in [0.717, 1.165) is 13.8 Å². The van der Waals surface area contributed by atoms with Crippen LogP contribution in [-0.2, 0) is 22.6 Å². The Balaban J connectivity index is 4.40. The molecule has 0 radical (unpaired) electrons. The Labute approximate surface area is 193 Å². The molecule has 0 aromatic heterocycles. The van der Waals surface area contributed by atoms with E-state index in [1.165, 1.54) is 20.8 Å². The van der Waals surface area contributed by atoms with E-state index in [2.05, 4.69) is 49.7 Å². The van der Waals surface area contributed by atoms with E-state index >= 15 is 21.0 Å². The summed E-state index contributed by atoms with van der Waals surface area (Å²) >= 11 is 0.